The maximum Gasteiger partial charge on any atom is 0.0630 e. The zero-order valence-corrected chi connectivity index (χ0v) is 13.5. The number of nitrogens with zero attached hydrogens (tertiary/aromatic N) is 1. The standard InChI is InChI=1S/C15H13BrN2.BrH/c16-13(11-17-14-7-3-1-4-8-14)12-18-15-9-5-2-6-10-15;/h1-12,17H;1H/b13-11-,18-12+;. The van der Waals surface area contributed by atoms with Crippen LogP contribution in [0.4, 0.5) is 11.4 Å². The van der Waals surface area contributed by atoms with Crippen molar-refractivity contribution in [3.63, 3.8) is 0 Å². The van der Waals surface area contributed by atoms with Crippen molar-refractivity contribution in [2.75, 3.05) is 5.32 Å². The van der Waals surface area contributed by atoms with Crippen LogP contribution in [0.2, 0.25) is 0 Å². The number of rotatable bonds is 4. The van der Waals surface area contributed by atoms with E-state index < -0.39 is 0 Å². The molecular weight excluding hydrogens is 368 g/mol. The summed E-state index contributed by atoms with van der Waals surface area (Å²) in [6.45, 7) is 0. The number of hydrogen-bond acceptors (Lipinski definition) is 2. The summed E-state index contributed by atoms with van der Waals surface area (Å²) in [4.78, 5) is 4.34. The molecule has 98 valence electrons. The second-order valence-electron chi connectivity index (χ2n) is 3.63. The van der Waals surface area contributed by atoms with Gasteiger partial charge < -0.3 is 5.32 Å². The number of nitrogens with one attached hydrogen (secondary N) is 1. The molecule has 0 radical (unpaired) electrons. The predicted molar refractivity (Wildman–Crippen MR) is 92.0 cm³/mol. The van der Waals surface area contributed by atoms with Crippen LogP contribution in [0.3, 0.4) is 0 Å². The lowest BCUT2D eigenvalue weighted by Gasteiger charge is -1.99. The largest absolute Gasteiger partial charge is 0.361 e. The average molecular weight is 382 g/mol. The number of anilines is 1. The summed E-state index contributed by atoms with van der Waals surface area (Å²) in [7, 11) is 0. The van der Waals surface area contributed by atoms with E-state index in [0.29, 0.717) is 0 Å². The Morgan fingerprint density at radius 1 is 0.947 bits per heavy atom. The summed E-state index contributed by atoms with van der Waals surface area (Å²) in [5, 5.41) is 3.18. The van der Waals surface area contributed by atoms with Crippen molar-refractivity contribution in [1.29, 1.82) is 0 Å². The molecule has 0 saturated carbocycles. The number of aliphatic imine (C=N–C) groups is 1. The highest BCUT2D eigenvalue weighted by Gasteiger charge is 1.89. The van der Waals surface area contributed by atoms with Crippen LogP contribution >= 0.6 is 32.9 Å². The summed E-state index contributed by atoms with van der Waals surface area (Å²) in [5.41, 5.74) is 1.98. The van der Waals surface area contributed by atoms with Gasteiger partial charge in [0.05, 0.1) is 10.2 Å². The molecule has 0 bridgehead atoms. The molecule has 0 spiro atoms. The molecule has 0 fully saturated rings. The first-order valence-electron chi connectivity index (χ1n) is 5.61. The SMILES string of the molecule is Br.BrC(=C\Nc1ccccc1)/C=N/c1ccccc1. The second-order valence-corrected chi connectivity index (χ2v) is 4.55. The van der Waals surface area contributed by atoms with E-state index in [-0.39, 0.29) is 17.0 Å². The number of allylic oxidation sites excluding steroid dienone is 1. The topological polar surface area (TPSA) is 24.4 Å². The molecule has 0 atom stereocenters. The van der Waals surface area contributed by atoms with Gasteiger partial charge in [0.25, 0.3) is 0 Å². The van der Waals surface area contributed by atoms with Crippen molar-refractivity contribution in [1.82, 2.24) is 0 Å². The molecule has 4 heteroatoms. The molecule has 0 amide bonds. The normalized spacial score (nSPS) is 11.1. The Labute approximate surface area is 132 Å². The summed E-state index contributed by atoms with van der Waals surface area (Å²) in [5.74, 6) is 0. The van der Waals surface area contributed by atoms with Crippen molar-refractivity contribution in [2.45, 2.75) is 0 Å². The highest BCUT2D eigenvalue weighted by atomic mass is 79.9. The fourth-order valence-corrected chi connectivity index (χ4v) is 1.59. The van der Waals surface area contributed by atoms with Gasteiger partial charge >= 0.3 is 0 Å². The van der Waals surface area contributed by atoms with Crippen molar-refractivity contribution in [3.8, 4) is 0 Å². The lowest BCUT2D eigenvalue weighted by molar-refractivity contribution is 1.53. The monoisotopic (exact) mass is 380 g/mol. The van der Waals surface area contributed by atoms with E-state index in [1.54, 1.807) is 6.21 Å². The molecule has 0 aliphatic heterocycles. The summed E-state index contributed by atoms with van der Waals surface area (Å²) in [6, 6.07) is 19.8. The van der Waals surface area contributed by atoms with Crippen molar-refractivity contribution in [3.05, 3.63) is 71.3 Å². The smallest absolute Gasteiger partial charge is 0.0630 e. The third-order valence-electron chi connectivity index (χ3n) is 2.24. The van der Waals surface area contributed by atoms with Gasteiger partial charge in [-0.1, -0.05) is 36.4 Å². The Bertz CT molecular complexity index is 537. The van der Waals surface area contributed by atoms with E-state index in [1.165, 1.54) is 0 Å². The number of halogens is 2. The van der Waals surface area contributed by atoms with Crippen LogP contribution in [0.1, 0.15) is 0 Å². The molecule has 2 rings (SSSR count). The Balaban J connectivity index is 0.00000180. The minimum absolute atomic E-state index is 0. The molecule has 0 aromatic heterocycles. The van der Waals surface area contributed by atoms with Gasteiger partial charge in [-0.25, -0.2) is 0 Å². The lowest BCUT2D eigenvalue weighted by atomic mass is 10.3. The van der Waals surface area contributed by atoms with Gasteiger partial charge in [-0.3, -0.25) is 4.99 Å². The average Bonchev–Trinajstić information content (AvgIpc) is 2.45. The molecule has 1 N–H and O–H groups in total. The second kappa shape index (κ2) is 8.67. The van der Waals surface area contributed by atoms with E-state index in [4.69, 9.17) is 0 Å². The zero-order chi connectivity index (χ0) is 12.6. The molecule has 2 aromatic carbocycles. The fourth-order valence-electron chi connectivity index (χ4n) is 1.37. The van der Waals surface area contributed by atoms with E-state index >= 15 is 0 Å². The van der Waals surface area contributed by atoms with Crippen LogP contribution < -0.4 is 5.32 Å². The minimum Gasteiger partial charge on any atom is -0.361 e. The molecule has 0 aliphatic rings. The van der Waals surface area contributed by atoms with Gasteiger partial charge in [0, 0.05) is 18.1 Å². The highest BCUT2D eigenvalue weighted by molar-refractivity contribution is 9.12. The Hall–Kier alpha value is -1.39. The van der Waals surface area contributed by atoms with Gasteiger partial charge in [0.1, 0.15) is 0 Å². The zero-order valence-electron chi connectivity index (χ0n) is 10.2. The van der Waals surface area contributed by atoms with Crippen LogP contribution in [0.15, 0.2) is 76.3 Å². The molecule has 0 unspecified atom stereocenters. The Kier molecular flexibility index (Phi) is 7.15. The highest BCUT2D eigenvalue weighted by Crippen LogP contribution is 2.12. The van der Waals surface area contributed by atoms with E-state index in [1.807, 2.05) is 66.9 Å². The molecule has 19 heavy (non-hydrogen) atoms. The third kappa shape index (κ3) is 5.85. The summed E-state index contributed by atoms with van der Waals surface area (Å²) in [6.07, 6.45) is 3.63. The van der Waals surface area contributed by atoms with Crippen molar-refractivity contribution >= 4 is 50.5 Å². The van der Waals surface area contributed by atoms with Gasteiger partial charge in [-0.2, -0.15) is 0 Å². The van der Waals surface area contributed by atoms with Crippen LogP contribution in [0.25, 0.3) is 0 Å². The Morgan fingerprint density at radius 2 is 1.53 bits per heavy atom. The van der Waals surface area contributed by atoms with Crippen LogP contribution in [-0.2, 0) is 0 Å². The first-order valence-corrected chi connectivity index (χ1v) is 6.40. The minimum atomic E-state index is 0. The van der Waals surface area contributed by atoms with Gasteiger partial charge in [-0.05, 0) is 40.2 Å². The van der Waals surface area contributed by atoms with Crippen LogP contribution in [0, 0.1) is 0 Å². The fraction of sp³-hybridized carbons (Fsp3) is 0. The van der Waals surface area contributed by atoms with Crippen LogP contribution in [-0.4, -0.2) is 6.21 Å². The van der Waals surface area contributed by atoms with Gasteiger partial charge in [0.15, 0.2) is 0 Å². The molecule has 0 saturated heterocycles. The van der Waals surface area contributed by atoms with Gasteiger partial charge in [0.2, 0.25) is 0 Å². The first kappa shape index (κ1) is 15.7. The number of benzene rings is 2. The van der Waals surface area contributed by atoms with Gasteiger partial charge in [-0.15, -0.1) is 17.0 Å². The summed E-state index contributed by atoms with van der Waals surface area (Å²) < 4.78 is 0.884. The Morgan fingerprint density at radius 3 is 2.16 bits per heavy atom. The lowest BCUT2D eigenvalue weighted by Crippen LogP contribution is -1.88. The molecule has 0 aliphatic carbocycles. The van der Waals surface area contributed by atoms with E-state index in [9.17, 15) is 0 Å². The number of para-hydroxylation sites is 2. The molecule has 2 aromatic rings. The van der Waals surface area contributed by atoms with E-state index in [0.717, 1.165) is 15.9 Å². The predicted octanol–water partition coefficient (Wildman–Crippen LogP) is 5.32. The molecule has 0 heterocycles. The number of hydrogen-bond donors (Lipinski definition) is 1. The van der Waals surface area contributed by atoms with Crippen LogP contribution in [0.5, 0.6) is 0 Å². The third-order valence-corrected chi connectivity index (χ3v) is 2.68. The maximum atomic E-state index is 4.34. The summed E-state index contributed by atoms with van der Waals surface area (Å²) >= 11 is 3.44. The first-order chi connectivity index (χ1) is 8.84. The quantitative estimate of drug-likeness (QED) is 0.712. The van der Waals surface area contributed by atoms with Crippen molar-refractivity contribution in [2.24, 2.45) is 4.99 Å². The van der Waals surface area contributed by atoms with E-state index in [2.05, 4.69) is 26.2 Å². The molecular formula is C15H14Br2N2. The maximum absolute atomic E-state index is 4.34. The van der Waals surface area contributed by atoms with Crippen molar-refractivity contribution < 1.29 is 0 Å². The molecule has 2 nitrogen and oxygen atoms in total.